The molecule has 4 aromatic rings. The molecule has 0 aliphatic heterocycles. The molecule has 114 valence electrons. The third-order valence-electron chi connectivity index (χ3n) is 4.31. The van der Waals surface area contributed by atoms with Crippen LogP contribution in [0.5, 0.6) is 0 Å². The summed E-state index contributed by atoms with van der Waals surface area (Å²) in [5.41, 5.74) is 3.83. The predicted molar refractivity (Wildman–Crippen MR) is 101 cm³/mol. The molecule has 0 aliphatic rings. The van der Waals surface area contributed by atoms with Crippen LogP contribution in [0.4, 0.5) is 0 Å². The minimum absolute atomic E-state index is 0.175. The Labute approximate surface area is 140 Å². The van der Waals surface area contributed by atoms with Gasteiger partial charge in [0.05, 0.1) is 5.69 Å². The molecule has 0 fully saturated rings. The minimum Gasteiger partial charge on any atom is -0.256 e. The molecule has 0 amide bonds. The molecule has 0 radical (unpaired) electrons. The monoisotopic (exact) mass is 317 g/mol. The van der Waals surface area contributed by atoms with Crippen molar-refractivity contribution in [3.05, 3.63) is 66.4 Å². The van der Waals surface area contributed by atoms with E-state index in [1.54, 1.807) is 0 Å². The second-order valence-corrected chi connectivity index (χ2v) is 8.01. The molecule has 0 spiro atoms. The van der Waals surface area contributed by atoms with E-state index in [1.807, 2.05) is 29.7 Å². The van der Waals surface area contributed by atoms with E-state index < -0.39 is 0 Å². The topological polar surface area (TPSA) is 12.9 Å². The Kier molecular flexibility index (Phi) is 3.24. The summed E-state index contributed by atoms with van der Waals surface area (Å²) in [6.45, 7) is 6.79. The lowest BCUT2D eigenvalue weighted by Gasteiger charge is -2.18. The summed E-state index contributed by atoms with van der Waals surface area (Å²) in [4.78, 5) is 4.53. The molecular weight excluding hydrogens is 298 g/mol. The first-order valence-corrected chi connectivity index (χ1v) is 8.73. The van der Waals surface area contributed by atoms with Crippen molar-refractivity contribution in [2.75, 3.05) is 0 Å². The molecule has 0 bridgehead atoms. The zero-order valence-corrected chi connectivity index (χ0v) is 14.4. The maximum atomic E-state index is 4.53. The van der Waals surface area contributed by atoms with Crippen molar-refractivity contribution < 1.29 is 0 Å². The molecule has 2 aromatic carbocycles. The van der Waals surface area contributed by atoms with Gasteiger partial charge in [-0.2, -0.15) is 0 Å². The zero-order valence-electron chi connectivity index (χ0n) is 13.6. The minimum atomic E-state index is 0.175. The molecule has 4 rings (SSSR count). The van der Waals surface area contributed by atoms with Crippen LogP contribution in [0.2, 0.25) is 0 Å². The van der Waals surface area contributed by atoms with E-state index in [-0.39, 0.29) is 5.41 Å². The number of rotatable bonds is 1. The smallest absolute Gasteiger partial charge is 0.0716 e. The molecule has 23 heavy (non-hydrogen) atoms. The highest BCUT2D eigenvalue weighted by molar-refractivity contribution is 7.26. The van der Waals surface area contributed by atoms with Crippen molar-refractivity contribution >= 4 is 31.5 Å². The highest BCUT2D eigenvalue weighted by Gasteiger charge is 2.16. The molecule has 2 heterocycles. The van der Waals surface area contributed by atoms with Crippen LogP contribution < -0.4 is 0 Å². The highest BCUT2D eigenvalue weighted by atomic mass is 32.1. The van der Waals surface area contributed by atoms with Crippen LogP contribution in [0.1, 0.15) is 26.3 Å². The van der Waals surface area contributed by atoms with Gasteiger partial charge in [-0.25, -0.2) is 0 Å². The Morgan fingerprint density at radius 3 is 2.48 bits per heavy atom. The fourth-order valence-electron chi connectivity index (χ4n) is 2.99. The van der Waals surface area contributed by atoms with E-state index in [4.69, 9.17) is 0 Å². The third kappa shape index (κ3) is 2.43. The molecule has 0 aliphatic carbocycles. The zero-order chi connectivity index (χ0) is 16.0. The van der Waals surface area contributed by atoms with Crippen LogP contribution in [0, 0.1) is 0 Å². The molecule has 0 unspecified atom stereocenters. The largest absolute Gasteiger partial charge is 0.256 e. The molecule has 0 atom stereocenters. The number of aromatic nitrogens is 1. The summed E-state index contributed by atoms with van der Waals surface area (Å²) in [5.74, 6) is 0. The SMILES string of the molecule is CC(C)(C)c1ccc2c(c1)sc1c(-c3ccccn3)cccc12. The summed E-state index contributed by atoms with van der Waals surface area (Å²) in [5, 5.41) is 2.67. The van der Waals surface area contributed by atoms with Crippen molar-refractivity contribution in [2.24, 2.45) is 0 Å². The number of hydrogen-bond acceptors (Lipinski definition) is 2. The van der Waals surface area contributed by atoms with E-state index in [2.05, 4.69) is 68.2 Å². The average molecular weight is 317 g/mol. The quantitative estimate of drug-likeness (QED) is 0.395. The van der Waals surface area contributed by atoms with Gasteiger partial charge in [0, 0.05) is 31.9 Å². The molecule has 0 N–H and O–H groups in total. The lowest BCUT2D eigenvalue weighted by molar-refractivity contribution is 0.591. The molecule has 0 saturated heterocycles. The third-order valence-corrected chi connectivity index (χ3v) is 5.51. The van der Waals surface area contributed by atoms with E-state index >= 15 is 0 Å². The molecular formula is C21H19NS. The van der Waals surface area contributed by atoms with Gasteiger partial charge in [-0.3, -0.25) is 4.98 Å². The molecule has 2 heteroatoms. The van der Waals surface area contributed by atoms with E-state index in [9.17, 15) is 0 Å². The molecule has 2 aromatic heterocycles. The van der Waals surface area contributed by atoms with Crippen LogP contribution in [-0.4, -0.2) is 4.98 Å². The van der Waals surface area contributed by atoms with E-state index in [0.717, 1.165) is 5.69 Å². The summed E-state index contributed by atoms with van der Waals surface area (Å²) in [6, 6.07) is 19.5. The van der Waals surface area contributed by atoms with Crippen LogP contribution >= 0.6 is 11.3 Å². The number of benzene rings is 2. The fraction of sp³-hybridized carbons (Fsp3) is 0.190. The van der Waals surface area contributed by atoms with Crippen molar-refractivity contribution in [3.63, 3.8) is 0 Å². The number of pyridine rings is 1. The van der Waals surface area contributed by atoms with E-state index in [1.165, 1.54) is 31.3 Å². The fourth-order valence-corrected chi connectivity index (χ4v) is 4.25. The normalized spacial score (nSPS) is 12.1. The van der Waals surface area contributed by atoms with Gasteiger partial charge >= 0.3 is 0 Å². The number of hydrogen-bond donors (Lipinski definition) is 0. The van der Waals surface area contributed by atoms with Crippen LogP contribution in [0.15, 0.2) is 60.8 Å². The second kappa shape index (κ2) is 5.17. The van der Waals surface area contributed by atoms with Crippen molar-refractivity contribution in [1.29, 1.82) is 0 Å². The molecule has 0 saturated carbocycles. The van der Waals surface area contributed by atoms with E-state index in [0.29, 0.717) is 0 Å². The van der Waals surface area contributed by atoms with Crippen LogP contribution in [0.3, 0.4) is 0 Å². The maximum absolute atomic E-state index is 4.53. The van der Waals surface area contributed by atoms with Crippen LogP contribution in [0.25, 0.3) is 31.4 Å². The first-order valence-electron chi connectivity index (χ1n) is 7.91. The van der Waals surface area contributed by atoms with Crippen LogP contribution in [-0.2, 0) is 5.41 Å². The Balaban J connectivity index is 2.01. The maximum Gasteiger partial charge on any atom is 0.0716 e. The Hall–Kier alpha value is -2.19. The first-order chi connectivity index (χ1) is 11.0. The lowest BCUT2D eigenvalue weighted by Crippen LogP contribution is -2.10. The van der Waals surface area contributed by atoms with Gasteiger partial charge in [-0.15, -0.1) is 11.3 Å². The highest BCUT2D eigenvalue weighted by Crippen LogP contribution is 2.40. The predicted octanol–water partition coefficient (Wildman–Crippen LogP) is 6.41. The summed E-state index contributed by atoms with van der Waals surface area (Å²) in [6.07, 6.45) is 1.86. The first kappa shape index (κ1) is 14.4. The van der Waals surface area contributed by atoms with Gasteiger partial charge in [0.2, 0.25) is 0 Å². The summed E-state index contributed by atoms with van der Waals surface area (Å²) < 4.78 is 2.68. The second-order valence-electron chi connectivity index (χ2n) is 6.96. The van der Waals surface area contributed by atoms with Crippen molar-refractivity contribution in [3.8, 4) is 11.3 Å². The van der Waals surface area contributed by atoms with Gasteiger partial charge in [0.1, 0.15) is 0 Å². The van der Waals surface area contributed by atoms with Gasteiger partial charge in [0.15, 0.2) is 0 Å². The van der Waals surface area contributed by atoms with Crippen molar-refractivity contribution in [1.82, 2.24) is 4.98 Å². The van der Waals surface area contributed by atoms with Gasteiger partial charge in [-0.05, 0) is 29.2 Å². The summed E-state index contributed by atoms with van der Waals surface area (Å²) in [7, 11) is 0. The Morgan fingerprint density at radius 1 is 0.870 bits per heavy atom. The lowest BCUT2D eigenvalue weighted by atomic mass is 9.87. The van der Waals surface area contributed by atoms with Gasteiger partial charge < -0.3 is 0 Å². The van der Waals surface area contributed by atoms with Gasteiger partial charge in [0.25, 0.3) is 0 Å². The standard InChI is InChI=1S/C21H19NS/c1-21(2,3)14-10-11-15-16-7-6-8-17(18-9-4-5-12-22-18)20(16)23-19(15)13-14/h4-13H,1-3H3. The number of thiophene rings is 1. The molecule has 1 nitrogen and oxygen atoms in total. The Morgan fingerprint density at radius 2 is 1.74 bits per heavy atom. The summed E-state index contributed by atoms with van der Waals surface area (Å²) >= 11 is 1.87. The Bertz CT molecular complexity index is 991. The van der Waals surface area contributed by atoms with Crippen molar-refractivity contribution in [2.45, 2.75) is 26.2 Å². The number of nitrogens with zero attached hydrogens (tertiary/aromatic N) is 1. The number of fused-ring (bicyclic) bond motifs is 3. The van der Waals surface area contributed by atoms with Gasteiger partial charge in [-0.1, -0.05) is 57.2 Å². The average Bonchev–Trinajstić information content (AvgIpc) is 2.92.